The Morgan fingerprint density at radius 1 is 1.31 bits per heavy atom. The van der Waals surface area contributed by atoms with Gasteiger partial charge in [0, 0.05) is 12.6 Å². The van der Waals surface area contributed by atoms with Gasteiger partial charge in [-0.2, -0.15) is 4.31 Å². The van der Waals surface area contributed by atoms with Gasteiger partial charge >= 0.3 is 0 Å². The monoisotopic (exact) mass is 205 g/mol. The average Bonchev–Trinajstić information content (AvgIpc) is 2.27. The van der Waals surface area contributed by atoms with Gasteiger partial charge in [0.15, 0.2) is 0 Å². The molecule has 0 saturated carbocycles. The molecule has 1 aliphatic heterocycles. The first kappa shape index (κ1) is 11.0. The van der Waals surface area contributed by atoms with Crippen molar-refractivity contribution >= 4 is 10.0 Å². The molecule has 4 heteroatoms. The maximum Gasteiger partial charge on any atom is 0.211 e. The fourth-order valence-electron chi connectivity index (χ4n) is 2.00. The smallest absolute Gasteiger partial charge is 0.211 e. The molecular formula is C9H19NO2S. The molecule has 13 heavy (non-hydrogen) atoms. The highest BCUT2D eigenvalue weighted by Gasteiger charge is 2.38. The second-order valence-corrected chi connectivity index (χ2v) is 6.83. The highest BCUT2D eigenvalue weighted by Crippen LogP contribution is 2.33. The summed E-state index contributed by atoms with van der Waals surface area (Å²) < 4.78 is 24.5. The molecule has 1 atom stereocenters. The number of nitrogens with zero attached hydrogens (tertiary/aromatic N) is 1. The molecule has 0 aromatic heterocycles. The number of rotatable bonds is 1. The zero-order valence-electron chi connectivity index (χ0n) is 8.87. The molecule has 0 aromatic carbocycles. The van der Waals surface area contributed by atoms with Crippen LogP contribution in [0.1, 0.15) is 33.6 Å². The summed E-state index contributed by atoms with van der Waals surface area (Å²) in [6, 6.07) is 0.183. The normalized spacial score (nSPS) is 26.6. The lowest BCUT2D eigenvalue weighted by atomic mass is 9.86. The van der Waals surface area contributed by atoms with Crippen molar-refractivity contribution in [1.82, 2.24) is 4.31 Å². The lowest BCUT2D eigenvalue weighted by Gasteiger charge is -2.33. The van der Waals surface area contributed by atoms with Gasteiger partial charge in [-0.1, -0.05) is 20.8 Å². The van der Waals surface area contributed by atoms with Crippen LogP contribution in [0.25, 0.3) is 0 Å². The van der Waals surface area contributed by atoms with Gasteiger partial charge in [0.05, 0.1) is 6.26 Å². The minimum atomic E-state index is -3.00. The fourth-order valence-corrected chi connectivity index (χ4v) is 3.35. The van der Waals surface area contributed by atoms with Gasteiger partial charge in [0.1, 0.15) is 0 Å². The zero-order chi connectivity index (χ0) is 10.3. The standard InChI is InChI=1S/C9H19NO2S/c1-9(2,3)8-6-5-7-10(8)13(4,11)12/h8H,5-7H2,1-4H3. The highest BCUT2D eigenvalue weighted by molar-refractivity contribution is 7.88. The molecule has 0 aromatic rings. The minimum absolute atomic E-state index is 0.0551. The van der Waals surface area contributed by atoms with Crippen molar-refractivity contribution in [2.24, 2.45) is 5.41 Å². The summed E-state index contributed by atoms with van der Waals surface area (Å²) in [6.45, 7) is 6.99. The Labute approximate surface area is 81.2 Å². The quantitative estimate of drug-likeness (QED) is 0.650. The van der Waals surface area contributed by atoms with Gasteiger partial charge in [0.25, 0.3) is 0 Å². The van der Waals surface area contributed by atoms with Crippen molar-refractivity contribution in [2.45, 2.75) is 39.7 Å². The number of hydrogen-bond acceptors (Lipinski definition) is 2. The summed E-state index contributed by atoms with van der Waals surface area (Å²) in [5.41, 5.74) is 0.0551. The molecule has 0 amide bonds. The summed E-state index contributed by atoms with van der Waals surface area (Å²) in [5, 5.41) is 0. The molecule has 1 rings (SSSR count). The Kier molecular flexibility index (Phi) is 2.74. The van der Waals surface area contributed by atoms with Crippen molar-refractivity contribution in [3.8, 4) is 0 Å². The summed E-state index contributed by atoms with van der Waals surface area (Å²) in [5.74, 6) is 0. The molecule has 1 fully saturated rings. The van der Waals surface area contributed by atoms with Crippen LogP contribution in [0.3, 0.4) is 0 Å². The fraction of sp³-hybridized carbons (Fsp3) is 1.00. The number of sulfonamides is 1. The Balaban J connectivity index is 2.89. The van der Waals surface area contributed by atoms with E-state index in [4.69, 9.17) is 0 Å². The molecule has 1 aliphatic rings. The van der Waals surface area contributed by atoms with E-state index in [1.165, 1.54) is 6.26 Å². The summed E-state index contributed by atoms with van der Waals surface area (Å²) >= 11 is 0. The Morgan fingerprint density at radius 3 is 2.15 bits per heavy atom. The molecular weight excluding hydrogens is 186 g/mol. The zero-order valence-corrected chi connectivity index (χ0v) is 9.69. The van der Waals surface area contributed by atoms with Gasteiger partial charge in [-0.15, -0.1) is 0 Å². The van der Waals surface area contributed by atoms with Crippen LogP contribution < -0.4 is 0 Å². The van der Waals surface area contributed by atoms with E-state index in [9.17, 15) is 8.42 Å². The van der Waals surface area contributed by atoms with E-state index >= 15 is 0 Å². The molecule has 1 saturated heterocycles. The van der Waals surface area contributed by atoms with Crippen LogP contribution in [0, 0.1) is 5.41 Å². The van der Waals surface area contributed by atoms with Crippen molar-refractivity contribution in [3.05, 3.63) is 0 Å². The first-order chi connectivity index (χ1) is 5.73. The molecule has 78 valence electrons. The van der Waals surface area contributed by atoms with Crippen molar-refractivity contribution in [2.75, 3.05) is 12.8 Å². The third-order valence-corrected chi connectivity index (χ3v) is 3.92. The third-order valence-electron chi connectivity index (χ3n) is 2.63. The van der Waals surface area contributed by atoms with Gasteiger partial charge in [0.2, 0.25) is 10.0 Å². The Bertz CT molecular complexity index is 276. The van der Waals surface area contributed by atoms with Gasteiger partial charge in [-0.05, 0) is 18.3 Å². The van der Waals surface area contributed by atoms with Crippen molar-refractivity contribution in [1.29, 1.82) is 0 Å². The van der Waals surface area contributed by atoms with E-state index in [0.717, 1.165) is 12.8 Å². The van der Waals surface area contributed by atoms with Gasteiger partial charge in [-0.3, -0.25) is 0 Å². The lowest BCUT2D eigenvalue weighted by Crippen LogP contribution is -2.42. The lowest BCUT2D eigenvalue weighted by molar-refractivity contribution is 0.217. The first-order valence-corrected chi connectivity index (χ1v) is 6.54. The molecule has 1 heterocycles. The second kappa shape index (κ2) is 3.24. The molecule has 0 bridgehead atoms. The third kappa shape index (κ3) is 2.44. The predicted octanol–water partition coefficient (Wildman–Crippen LogP) is 1.46. The molecule has 3 nitrogen and oxygen atoms in total. The van der Waals surface area contributed by atoms with Crippen LogP contribution >= 0.6 is 0 Å². The molecule has 0 spiro atoms. The summed E-state index contributed by atoms with van der Waals surface area (Å²) in [4.78, 5) is 0. The minimum Gasteiger partial charge on any atom is -0.212 e. The van der Waals surface area contributed by atoms with E-state index in [1.807, 2.05) is 0 Å². The first-order valence-electron chi connectivity index (χ1n) is 4.70. The van der Waals surface area contributed by atoms with E-state index in [-0.39, 0.29) is 11.5 Å². The van der Waals surface area contributed by atoms with E-state index < -0.39 is 10.0 Å². The summed E-state index contributed by atoms with van der Waals surface area (Å²) in [6.07, 6.45) is 3.29. The Hall–Kier alpha value is -0.0900. The van der Waals surface area contributed by atoms with Crippen LogP contribution in [0.4, 0.5) is 0 Å². The molecule has 0 radical (unpaired) electrons. The van der Waals surface area contributed by atoms with Crippen LogP contribution in [0.15, 0.2) is 0 Å². The van der Waals surface area contributed by atoms with Crippen molar-refractivity contribution in [3.63, 3.8) is 0 Å². The second-order valence-electron chi connectivity index (χ2n) is 4.90. The van der Waals surface area contributed by atoms with Crippen LogP contribution in [0.5, 0.6) is 0 Å². The summed E-state index contributed by atoms with van der Waals surface area (Å²) in [7, 11) is -3.00. The average molecular weight is 205 g/mol. The SMILES string of the molecule is CC(C)(C)C1CCCN1S(C)(=O)=O. The van der Waals surface area contributed by atoms with Gasteiger partial charge < -0.3 is 0 Å². The van der Waals surface area contributed by atoms with Crippen LogP contribution in [-0.2, 0) is 10.0 Å². The molecule has 1 unspecified atom stereocenters. The van der Waals surface area contributed by atoms with E-state index in [0.29, 0.717) is 6.54 Å². The predicted molar refractivity (Wildman–Crippen MR) is 54.0 cm³/mol. The maximum absolute atomic E-state index is 11.4. The largest absolute Gasteiger partial charge is 0.212 e. The Morgan fingerprint density at radius 2 is 1.85 bits per heavy atom. The highest BCUT2D eigenvalue weighted by atomic mass is 32.2. The van der Waals surface area contributed by atoms with E-state index in [1.54, 1.807) is 4.31 Å². The van der Waals surface area contributed by atoms with Crippen LogP contribution in [0.2, 0.25) is 0 Å². The molecule has 0 N–H and O–H groups in total. The maximum atomic E-state index is 11.4. The van der Waals surface area contributed by atoms with Gasteiger partial charge in [-0.25, -0.2) is 8.42 Å². The number of hydrogen-bond donors (Lipinski definition) is 0. The van der Waals surface area contributed by atoms with Crippen molar-refractivity contribution < 1.29 is 8.42 Å². The van der Waals surface area contributed by atoms with Crippen LogP contribution in [-0.4, -0.2) is 31.6 Å². The topological polar surface area (TPSA) is 37.4 Å². The molecule has 0 aliphatic carbocycles. The van der Waals surface area contributed by atoms with E-state index in [2.05, 4.69) is 20.8 Å².